The fourth-order valence-electron chi connectivity index (χ4n) is 3.01. The van der Waals surface area contributed by atoms with Crippen molar-refractivity contribution in [1.29, 1.82) is 0 Å². The van der Waals surface area contributed by atoms with Gasteiger partial charge >= 0.3 is 0 Å². The fourth-order valence-corrected chi connectivity index (χ4v) is 4.36. The van der Waals surface area contributed by atoms with Crippen molar-refractivity contribution in [3.05, 3.63) is 58.4 Å². The van der Waals surface area contributed by atoms with E-state index in [2.05, 4.69) is 23.1 Å². The highest BCUT2D eigenvalue weighted by Crippen LogP contribution is 2.51. The predicted octanol–water partition coefficient (Wildman–Crippen LogP) is 5.92. The Balaban J connectivity index is 1.74. The van der Waals surface area contributed by atoms with Crippen molar-refractivity contribution in [2.24, 2.45) is 0 Å². The Kier molecular flexibility index (Phi) is 5.00. The number of likely N-dealkylation sites (N-methyl/N-ethyl adjacent to an activating group) is 1. The molecule has 0 amide bonds. The van der Waals surface area contributed by atoms with Gasteiger partial charge in [-0.05, 0) is 38.4 Å². The number of benzene rings is 2. The maximum atomic E-state index is 6.44. The molecule has 26 heavy (non-hydrogen) atoms. The Morgan fingerprint density at radius 1 is 1.04 bits per heavy atom. The molecule has 0 saturated heterocycles. The SMILES string of the molecule is CN(C)CCOCc1cc2c(s1)-c1cccc(Cl)c1Oc1ccccc1-2. The van der Waals surface area contributed by atoms with E-state index in [1.54, 1.807) is 11.3 Å². The summed E-state index contributed by atoms with van der Waals surface area (Å²) in [7, 11) is 4.10. The van der Waals surface area contributed by atoms with Gasteiger partial charge < -0.3 is 14.4 Å². The summed E-state index contributed by atoms with van der Waals surface area (Å²) < 4.78 is 12.0. The molecule has 0 saturated carbocycles. The Morgan fingerprint density at radius 2 is 1.85 bits per heavy atom. The molecule has 1 aliphatic heterocycles. The van der Waals surface area contributed by atoms with Gasteiger partial charge in [-0.1, -0.05) is 35.9 Å². The van der Waals surface area contributed by atoms with Gasteiger partial charge in [0.2, 0.25) is 0 Å². The largest absolute Gasteiger partial charge is 0.454 e. The molecule has 0 spiro atoms. The van der Waals surface area contributed by atoms with Crippen LogP contribution in [-0.4, -0.2) is 32.1 Å². The maximum absolute atomic E-state index is 6.44. The van der Waals surface area contributed by atoms with Gasteiger partial charge in [-0.2, -0.15) is 0 Å². The van der Waals surface area contributed by atoms with Gasteiger partial charge in [0.15, 0.2) is 5.75 Å². The number of hydrogen-bond acceptors (Lipinski definition) is 4. The normalized spacial score (nSPS) is 12.2. The Morgan fingerprint density at radius 3 is 2.69 bits per heavy atom. The van der Waals surface area contributed by atoms with E-state index in [0.717, 1.165) is 35.8 Å². The Hall–Kier alpha value is -1.85. The molecule has 2 heterocycles. The minimum atomic E-state index is 0.616. The zero-order chi connectivity index (χ0) is 18.1. The van der Waals surface area contributed by atoms with Crippen molar-refractivity contribution in [3.63, 3.8) is 0 Å². The first-order chi connectivity index (χ1) is 12.6. The van der Waals surface area contributed by atoms with Crippen LogP contribution in [0, 0.1) is 0 Å². The van der Waals surface area contributed by atoms with Crippen LogP contribution in [0.15, 0.2) is 48.5 Å². The van der Waals surface area contributed by atoms with E-state index in [1.807, 2.05) is 44.4 Å². The highest BCUT2D eigenvalue weighted by Gasteiger charge is 2.24. The van der Waals surface area contributed by atoms with Crippen molar-refractivity contribution < 1.29 is 9.47 Å². The topological polar surface area (TPSA) is 21.7 Å². The van der Waals surface area contributed by atoms with Crippen LogP contribution in [0.4, 0.5) is 0 Å². The number of halogens is 1. The van der Waals surface area contributed by atoms with Gasteiger partial charge in [-0.3, -0.25) is 0 Å². The lowest BCUT2D eigenvalue weighted by molar-refractivity contribution is 0.107. The molecule has 0 radical (unpaired) electrons. The van der Waals surface area contributed by atoms with E-state index in [-0.39, 0.29) is 0 Å². The van der Waals surface area contributed by atoms with E-state index in [4.69, 9.17) is 21.1 Å². The lowest BCUT2D eigenvalue weighted by atomic mass is 10.0. The molecule has 0 aliphatic carbocycles. The van der Waals surface area contributed by atoms with Crippen molar-refractivity contribution in [1.82, 2.24) is 4.90 Å². The predicted molar refractivity (Wildman–Crippen MR) is 108 cm³/mol. The molecule has 0 atom stereocenters. The highest BCUT2D eigenvalue weighted by molar-refractivity contribution is 7.16. The van der Waals surface area contributed by atoms with Crippen LogP contribution >= 0.6 is 22.9 Å². The second-order valence-corrected chi connectivity index (χ2v) is 8.07. The summed E-state index contributed by atoms with van der Waals surface area (Å²) in [6.45, 7) is 2.25. The van der Waals surface area contributed by atoms with Crippen molar-refractivity contribution in [2.75, 3.05) is 27.2 Å². The number of fused-ring (bicyclic) bond motifs is 5. The van der Waals surface area contributed by atoms with Crippen LogP contribution in [0.5, 0.6) is 11.5 Å². The first-order valence-corrected chi connectivity index (χ1v) is 9.74. The number of para-hydroxylation sites is 2. The monoisotopic (exact) mass is 385 g/mol. The van der Waals surface area contributed by atoms with Crippen LogP contribution in [0.3, 0.4) is 0 Å². The number of rotatable bonds is 5. The molecule has 1 aromatic heterocycles. The molecule has 3 aromatic rings. The molecule has 0 bridgehead atoms. The number of hydrogen-bond donors (Lipinski definition) is 0. The lowest BCUT2D eigenvalue weighted by Gasteiger charge is -2.10. The number of ether oxygens (including phenoxy) is 2. The van der Waals surface area contributed by atoms with Crippen LogP contribution in [0.25, 0.3) is 21.6 Å². The van der Waals surface area contributed by atoms with Crippen molar-refractivity contribution >= 4 is 22.9 Å². The molecule has 5 heteroatoms. The van der Waals surface area contributed by atoms with Crippen LogP contribution in [-0.2, 0) is 11.3 Å². The van der Waals surface area contributed by atoms with Gasteiger partial charge in [0.1, 0.15) is 5.75 Å². The summed E-state index contributed by atoms with van der Waals surface area (Å²) >= 11 is 8.18. The van der Waals surface area contributed by atoms with Gasteiger partial charge in [-0.25, -0.2) is 0 Å². The zero-order valence-corrected chi connectivity index (χ0v) is 16.4. The van der Waals surface area contributed by atoms with Crippen molar-refractivity contribution in [2.45, 2.75) is 6.61 Å². The zero-order valence-electron chi connectivity index (χ0n) is 14.8. The molecular formula is C21H20ClNO2S. The standard InChI is InChI=1S/C21H20ClNO2S/c1-23(2)10-11-24-13-14-12-17-15-6-3-4-9-19(15)25-20-16(21(17)26-14)7-5-8-18(20)22/h3-9,12H,10-11,13H2,1-2H3. The first-order valence-electron chi connectivity index (χ1n) is 8.55. The summed E-state index contributed by atoms with van der Waals surface area (Å²) in [6.07, 6.45) is 0. The summed E-state index contributed by atoms with van der Waals surface area (Å²) in [5.41, 5.74) is 3.30. The molecule has 4 rings (SSSR count). The summed E-state index contributed by atoms with van der Waals surface area (Å²) in [5, 5.41) is 0.627. The maximum Gasteiger partial charge on any atom is 0.154 e. The highest BCUT2D eigenvalue weighted by atomic mass is 35.5. The third-order valence-electron chi connectivity index (χ3n) is 4.31. The number of thiophene rings is 1. The molecule has 3 nitrogen and oxygen atoms in total. The summed E-state index contributed by atoms with van der Waals surface area (Å²) in [6, 6.07) is 16.2. The second-order valence-electron chi connectivity index (χ2n) is 6.53. The molecular weight excluding hydrogens is 366 g/mol. The van der Waals surface area contributed by atoms with E-state index in [1.165, 1.54) is 15.3 Å². The third-order valence-corrected chi connectivity index (χ3v) is 5.75. The third kappa shape index (κ3) is 3.38. The van der Waals surface area contributed by atoms with Gasteiger partial charge in [0.05, 0.1) is 18.2 Å². The van der Waals surface area contributed by atoms with Crippen molar-refractivity contribution in [3.8, 4) is 33.1 Å². The van der Waals surface area contributed by atoms with E-state index < -0.39 is 0 Å². The van der Waals surface area contributed by atoms with Crippen LogP contribution < -0.4 is 4.74 Å². The minimum absolute atomic E-state index is 0.616. The summed E-state index contributed by atoms with van der Waals surface area (Å²) in [5.74, 6) is 1.56. The minimum Gasteiger partial charge on any atom is -0.454 e. The summed E-state index contributed by atoms with van der Waals surface area (Å²) in [4.78, 5) is 4.50. The average Bonchev–Trinajstić information content (AvgIpc) is 2.99. The van der Waals surface area contributed by atoms with Gasteiger partial charge in [-0.15, -0.1) is 11.3 Å². The Bertz CT molecular complexity index is 936. The quantitative estimate of drug-likeness (QED) is 0.398. The average molecular weight is 386 g/mol. The van der Waals surface area contributed by atoms with E-state index in [0.29, 0.717) is 11.6 Å². The van der Waals surface area contributed by atoms with E-state index in [9.17, 15) is 0 Å². The van der Waals surface area contributed by atoms with Gasteiger partial charge in [0, 0.05) is 33.0 Å². The first kappa shape index (κ1) is 17.6. The second kappa shape index (κ2) is 7.41. The lowest BCUT2D eigenvalue weighted by Crippen LogP contribution is -2.17. The Labute approximate surface area is 162 Å². The van der Waals surface area contributed by atoms with E-state index >= 15 is 0 Å². The van der Waals surface area contributed by atoms with Crippen LogP contribution in [0.2, 0.25) is 5.02 Å². The molecule has 134 valence electrons. The van der Waals surface area contributed by atoms with Gasteiger partial charge in [0.25, 0.3) is 0 Å². The number of nitrogens with zero attached hydrogens (tertiary/aromatic N) is 1. The molecule has 2 aromatic carbocycles. The van der Waals surface area contributed by atoms with Crippen LogP contribution in [0.1, 0.15) is 4.88 Å². The molecule has 0 fully saturated rings. The fraction of sp³-hybridized carbons (Fsp3) is 0.238. The molecule has 0 N–H and O–H groups in total. The molecule has 1 aliphatic rings. The molecule has 0 unspecified atom stereocenters. The smallest absolute Gasteiger partial charge is 0.154 e.